The van der Waals surface area contributed by atoms with Crippen LogP contribution in [0.25, 0.3) is 0 Å². The van der Waals surface area contributed by atoms with Gasteiger partial charge in [0, 0.05) is 0 Å². The Morgan fingerprint density at radius 3 is 2.38 bits per heavy atom. The monoisotopic (exact) mass is 349 g/mol. The molecule has 0 atom stereocenters. The van der Waals surface area contributed by atoms with Gasteiger partial charge in [-0.05, 0) is 36.4 Å². The Kier molecular flexibility index (Phi) is 4.61. The van der Waals surface area contributed by atoms with Crippen LogP contribution in [0.5, 0.6) is 5.75 Å². The maximum Gasteiger partial charge on any atom is 0.263 e. The Morgan fingerprint density at radius 2 is 1.81 bits per heavy atom. The van der Waals surface area contributed by atoms with Gasteiger partial charge in [0.05, 0.1) is 22.8 Å². The van der Waals surface area contributed by atoms with Gasteiger partial charge in [-0.3, -0.25) is 4.72 Å². The number of anilines is 1. The fourth-order valence-electron chi connectivity index (χ4n) is 1.63. The Hall–Kier alpha value is -1.50. The molecule has 0 amide bonds. The van der Waals surface area contributed by atoms with Crippen molar-refractivity contribution in [3.8, 4) is 5.75 Å². The molecule has 0 aliphatic carbocycles. The summed E-state index contributed by atoms with van der Waals surface area (Å²) >= 11 is 11.7. The van der Waals surface area contributed by atoms with Crippen LogP contribution in [0.2, 0.25) is 10.0 Å². The van der Waals surface area contributed by atoms with Gasteiger partial charge in [0.25, 0.3) is 10.0 Å². The van der Waals surface area contributed by atoms with E-state index < -0.39 is 15.8 Å². The third-order valence-corrected chi connectivity index (χ3v) is 4.75. The van der Waals surface area contributed by atoms with Crippen LogP contribution in [-0.4, -0.2) is 15.5 Å². The number of nitrogens with one attached hydrogen (secondary N) is 1. The zero-order chi connectivity index (χ0) is 15.6. The first-order valence-electron chi connectivity index (χ1n) is 5.65. The van der Waals surface area contributed by atoms with Crippen LogP contribution in [0.4, 0.5) is 10.1 Å². The predicted octanol–water partition coefficient (Wildman–Crippen LogP) is 3.94. The Labute approximate surface area is 131 Å². The van der Waals surface area contributed by atoms with Crippen LogP contribution in [-0.2, 0) is 10.0 Å². The van der Waals surface area contributed by atoms with Crippen molar-refractivity contribution in [2.24, 2.45) is 0 Å². The summed E-state index contributed by atoms with van der Waals surface area (Å²) < 4.78 is 44.7. The van der Waals surface area contributed by atoms with E-state index in [0.29, 0.717) is 5.75 Å². The number of rotatable bonds is 4. The van der Waals surface area contributed by atoms with Gasteiger partial charge in [0.15, 0.2) is 0 Å². The molecular formula is C13H10Cl2FNO3S. The molecular weight excluding hydrogens is 340 g/mol. The minimum Gasteiger partial charge on any atom is -0.495 e. The number of ether oxygens (including phenoxy) is 1. The molecule has 0 aromatic heterocycles. The molecule has 0 spiro atoms. The van der Waals surface area contributed by atoms with Crippen LogP contribution in [0, 0.1) is 5.82 Å². The molecule has 0 radical (unpaired) electrons. The van der Waals surface area contributed by atoms with Crippen molar-refractivity contribution >= 4 is 38.9 Å². The van der Waals surface area contributed by atoms with E-state index in [1.165, 1.54) is 25.3 Å². The van der Waals surface area contributed by atoms with Crippen LogP contribution in [0.15, 0.2) is 41.3 Å². The number of methoxy groups -OCH3 is 1. The van der Waals surface area contributed by atoms with E-state index in [4.69, 9.17) is 27.9 Å². The van der Waals surface area contributed by atoms with Gasteiger partial charge in [0.1, 0.15) is 16.5 Å². The van der Waals surface area contributed by atoms with E-state index in [2.05, 4.69) is 4.72 Å². The lowest BCUT2D eigenvalue weighted by Gasteiger charge is -2.11. The summed E-state index contributed by atoms with van der Waals surface area (Å²) in [5.74, 6) is -0.203. The van der Waals surface area contributed by atoms with Crippen LogP contribution in [0.3, 0.4) is 0 Å². The number of hydrogen-bond acceptors (Lipinski definition) is 3. The number of hydrogen-bond donors (Lipinski definition) is 1. The minimum atomic E-state index is -3.95. The van der Waals surface area contributed by atoms with E-state index in [1.54, 1.807) is 0 Å². The molecule has 2 rings (SSSR count). The highest BCUT2D eigenvalue weighted by molar-refractivity contribution is 7.92. The fourth-order valence-corrected chi connectivity index (χ4v) is 3.47. The number of sulfonamides is 1. The predicted molar refractivity (Wildman–Crippen MR) is 80.2 cm³/mol. The molecule has 2 aromatic carbocycles. The normalized spacial score (nSPS) is 11.2. The molecule has 2 aromatic rings. The summed E-state index contributed by atoms with van der Waals surface area (Å²) in [6.07, 6.45) is 0. The molecule has 0 heterocycles. The van der Waals surface area contributed by atoms with E-state index in [0.717, 1.165) is 18.2 Å². The minimum absolute atomic E-state index is 0.206. The summed E-state index contributed by atoms with van der Waals surface area (Å²) in [4.78, 5) is -0.225. The lowest BCUT2D eigenvalue weighted by molar-refractivity contribution is 0.415. The maximum atomic E-state index is 13.0. The first kappa shape index (κ1) is 15.9. The molecule has 4 nitrogen and oxygen atoms in total. The smallest absolute Gasteiger partial charge is 0.263 e. The van der Waals surface area contributed by atoms with Gasteiger partial charge in [-0.1, -0.05) is 23.2 Å². The summed E-state index contributed by atoms with van der Waals surface area (Å²) in [6, 6.07) is 7.44. The van der Waals surface area contributed by atoms with E-state index >= 15 is 0 Å². The number of halogens is 3. The van der Waals surface area contributed by atoms with Crippen molar-refractivity contribution in [2.45, 2.75) is 4.90 Å². The van der Waals surface area contributed by atoms with Crippen molar-refractivity contribution in [3.05, 3.63) is 52.3 Å². The SMILES string of the molecule is COc1ccc(NS(=O)(=O)c2ccc(F)cc2Cl)cc1Cl. The highest BCUT2D eigenvalue weighted by Gasteiger charge is 2.19. The number of benzene rings is 2. The van der Waals surface area contributed by atoms with Crippen LogP contribution >= 0.6 is 23.2 Å². The van der Waals surface area contributed by atoms with E-state index in [9.17, 15) is 12.8 Å². The topological polar surface area (TPSA) is 55.4 Å². The fraction of sp³-hybridized carbons (Fsp3) is 0.0769. The third-order valence-electron chi connectivity index (χ3n) is 2.59. The van der Waals surface area contributed by atoms with Crippen molar-refractivity contribution in [3.63, 3.8) is 0 Å². The average molecular weight is 350 g/mol. The zero-order valence-electron chi connectivity index (χ0n) is 10.7. The molecule has 112 valence electrons. The molecule has 21 heavy (non-hydrogen) atoms. The standard InChI is InChI=1S/C13H10Cl2FNO3S/c1-20-12-4-3-9(7-10(12)14)17-21(18,19)13-5-2-8(16)6-11(13)15/h2-7,17H,1H3. The van der Waals surface area contributed by atoms with E-state index in [1.807, 2.05) is 0 Å². The van der Waals surface area contributed by atoms with Gasteiger partial charge >= 0.3 is 0 Å². The lowest BCUT2D eigenvalue weighted by Crippen LogP contribution is -2.13. The molecule has 0 aliphatic rings. The Balaban J connectivity index is 2.35. The summed E-state index contributed by atoms with van der Waals surface area (Å²) in [6.45, 7) is 0. The summed E-state index contributed by atoms with van der Waals surface area (Å²) in [7, 11) is -2.50. The van der Waals surface area contributed by atoms with Gasteiger partial charge in [0.2, 0.25) is 0 Å². The second kappa shape index (κ2) is 6.09. The van der Waals surface area contributed by atoms with E-state index in [-0.39, 0.29) is 20.6 Å². The second-order valence-corrected chi connectivity index (χ2v) is 6.49. The average Bonchev–Trinajstić information content (AvgIpc) is 2.37. The van der Waals surface area contributed by atoms with Crippen molar-refractivity contribution in [1.82, 2.24) is 0 Å². The van der Waals surface area contributed by atoms with Gasteiger partial charge < -0.3 is 4.74 Å². The van der Waals surface area contributed by atoms with Crippen LogP contribution in [0.1, 0.15) is 0 Å². The Morgan fingerprint density at radius 1 is 1.10 bits per heavy atom. The molecule has 0 aliphatic heterocycles. The summed E-state index contributed by atoms with van der Waals surface area (Å²) in [5.41, 5.74) is 0.237. The van der Waals surface area contributed by atoms with Crippen molar-refractivity contribution < 1.29 is 17.5 Å². The first-order chi connectivity index (χ1) is 9.83. The second-order valence-electron chi connectivity index (χ2n) is 4.03. The quantitative estimate of drug-likeness (QED) is 0.909. The highest BCUT2D eigenvalue weighted by Crippen LogP contribution is 2.29. The molecule has 0 unspecified atom stereocenters. The summed E-state index contributed by atoms with van der Waals surface area (Å²) in [5, 5.41) is 0.0463. The maximum absolute atomic E-state index is 13.0. The zero-order valence-corrected chi connectivity index (χ0v) is 13.1. The van der Waals surface area contributed by atoms with Crippen molar-refractivity contribution in [1.29, 1.82) is 0 Å². The van der Waals surface area contributed by atoms with Crippen LogP contribution < -0.4 is 9.46 Å². The molecule has 0 bridgehead atoms. The molecule has 0 saturated heterocycles. The van der Waals surface area contributed by atoms with Gasteiger partial charge in [-0.15, -0.1) is 0 Å². The van der Waals surface area contributed by atoms with Crippen molar-refractivity contribution in [2.75, 3.05) is 11.8 Å². The molecule has 0 saturated carbocycles. The lowest BCUT2D eigenvalue weighted by atomic mass is 10.3. The van der Waals surface area contributed by atoms with Gasteiger partial charge in [-0.2, -0.15) is 0 Å². The first-order valence-corrected chi connectivity index (χ1v) is 7.89. The highest BCUT2D eigenvalue weighted by atomic mass is 35.5. The molecule has 1 N–H and O–H groups in total. The largest absolute Gasteiger partial charge is 0.495 e. The molecule has 8 heteroatoms. The van der Waals surface area contributed by atoms with Gasteiger partial charge in [-0.25, -0.2) is 12.8 Å². The Bertz CT molecular complexity index is 781. The molecule has 0 fully saturated rings. The third kappa shape index (κ3) is 3.58.